The number of para-hydroxylation sites is 1. The maximum absolute atomic E-state index is 13.5. The van der Waals surface area contributed by atoms with E-state index in [2.05, 4.69) is 15.3 Å². The van der Waals surface area contributed by atoms with Crippen LogP contribution in [0, 0.1) is 12.3 Å². The van der Waals surface area contributed by atoms with E-state index < -0.39 is 6.67 Å². The number of fused-ring (bicyclic) bond motifs is 1. The SMILES string of the molecule is CC.Cc1cccc2cc(CNc3ncnc(N)c3C(=N)CF)n(-c3ccccc3)c(=O)c12. The van der Waals surface area contributed by atoms with Crippen LogP contribution in [0.2, 0.25) is 0 Å². The van der Waals surface area contributed by atoms with E-state index in [0.29, 0.717) is 11.1 Å². The number of hydrogen-bond acceptors (Lipinski definition) is 6. The number of nitrogens with one attached hydrogen (secondary N) is 2. The molecule has 0 aliphatic heterocycles. The maximum atomic E-state index is 13.5. The van der Waals surface area contributed by atoms with Gasteiger partial charge in [-0.25, -0.2) is 14.4 Å². The van der Waals surface area contributed by atoms with Gasteiger partial charge >= 0.3 is 0 Å². The molecular formula is C25H27FN6O. The van der Waals surface area contributed by atoms with Gasteiger partial charge in [0.15, 0.2) is 0 Å². The second-order valence-corrected chi connectivity index (χ2v) is 7.10. The maximum Gasteiger partial charge on any atom is 0.263 e. The molecule has 0 amide bonds. The van der Waals surface area contributed by atoms with Crippen LogP contribution in [-0.4, -0.2) is 26.9 Å². The average Bonchev–Trinajstić information content (AvgIpc) is 2.84. The summed E-state index contributed by atoms with van der Waals surface area (Å²) in [7, 11) is 0. The van der Waals surface area contributed by atoms with Crippen molar-refractivity contribution in [1.82, 2.24) is 14.5 Å². The average molecular weight is 447 g/mol. The molecule has 4 rings (SSSR count). The van der Waals surface area contributed by atoms with Crippen molar-refractivity contribution in [3.05, 3.63) is 88.1 Å². The van der Waals surface area contributed by atoms with E-state index in [1.807, 2.05) is 75.4 Å². The fourth-order valence-corrected chi connectivity index (χ4v) is 3.65. The Balaban J connectivity index is 0.00000149. The fraction of sp³-hybridized carbons (Fsp3) is 0.200. The molecule has 4 N–H and O–H groups in total. The third kappa shape index (κ3) is 4.74. The molecule has 2 aromatic carbocycles. The molecule has 0 bridgehead atoms. The molecule has 0 unspecified atom stereocenters. The Morgan fingerprint density at radius 1 is 1.12 bits per heavy atom. The Morgan fingerprint density at radius 3 is 2.55 bits per heavy atom. The van der Waals surface area contributed by atoms with Gasteiger partial charge in [-0.15, -0.1) is 0 Å². The second kappa shape index (κ2) is 10.5. The highest BCUT2D eigenvalue weighted by atomic mass is 19.1. The Hall–Kier alpha value is -4.07. The van der Waals surface area contributed by atoms with Crippen molar-refractivity contribution < 1.29 is 4.39 Å². The topological polar surface area (TPSA) is 110 Å². The Labute approximate surface area is 191 Å². The molecule has 0 fully saturated rings. The number of benzene rings is 2. The van der Waals surface area contributed by atoms with E-state index in [1.165, 1.54) is 6.33 Å². The summed E-state index contributed by atoms with van der Waals surface area (Å²) < 4.78 is 14.8. The van der Waals surface area contributed by atoms with E-state index in [4.69, 9.17) is 11.1 Å². The van der Waals surface area contributed by atoms with Gasteiger partial charge in [-0.3, -0.25) is 9.36 Å². The number of aryl methyl sites for hydroxylation is 1. The third-order valence-electron chi connectivity index (χ3n) is 5.09. The molecule has 0 aliphatic carbocycles. The first-order valence-corrected chi connectivity index (χ1v) is 10.7. The van der Waals surface area contributed by atoms with E-state index in [9.17, 15) is 9.18 Å². The molecule has 4 aromatic rings. The number of rotatable bonds is 6. The van der Waals surface area contributed by atoms with Crippen molar-refractivity contribution in [2.75, 3.05) is 17.7 Å². The summed E-state index contributed by atoms with van der Waals surface area (Å²) in [6.07, 6.45) is 1.25. The van der Waals surface area contributed by atoms with Crippen molar-refractivity contribution in [2.45, 2.75) is 27.3 Å². The highest BCUT2D eigenvalue weighted by Gasteiger charge is 2.16. The lowest BCUT2D eigenvalue weighted by Gasteiger charge is -2.17. The lowest BCUT2D eigenvalue weighted by molar-refractivity contribution is 0.580. The van der Waals surface area contributed by atoms with Gasteiger partial charge in [-0.1, -0.05) is 50.2 Å². The Bertz CT molecular complexity index is 1330. The molecule has 2 heterocycles. The van der Waals surface area contributed by atoms with Crippen molar-refractivity contribution in [2.24, 2.45) is 0 Å². The monoisotopic (exact) mass is 446 g/mol. The zero-order chi connectivity index (χ0) is 24.0. The highest BCUT2D eigenvalue weighted by molar-refractivity contribution is 6.06. The van der Waals surface area contributed by atoms with Gasteiger partial charge in [0.1, 0.15) is 24.6 Å². The summed E-state index contributed by atoms with van der Waals surface area (Å²) in [6.45, 7) is 5.13. The van der Waals surface area contributed by atoms with Crippen LogP contribution in [0.5, 0.6) is 0 Å². The summed E-state index contributed by atoms with van der Waals surface area (Å²) >= 11 is 0. The number of anilines is 2. The van der Waals surface area contributed by atoms with Crippen molar-refractivity contribution >= 4 is 28.1 Å². The van der Waals surface area contributed by atoms with E-state index in [-0.39, 0.29) is 35.0 Å². The standard InChI is InChI=1S/C23H21FN6O.C2H6/c1-14-6-5-7-15-10-17(30(23(31)19(14)15)16-8-3-2-4-9-16)12-27-22-20(18(25)11-24)21(26)28-13-29-22;1-2/h2-10,13,25H,11-12H2,1H3,(H3,26,27,28,29);1-2H3. The molecule has 0 spiro atoms. The number of hydrogen-bond donors (Lipinski definition) is 3. The van der Waals surface area contributed by atoms with Crippen LogP contribution in [0.4, 0.5) is 16.0 Å². The number of nitrogens with two attached hydrogens (primary N) is 1. The minimum Gasteiger partial charge on any atom is -0.383 e. The van der Waals surface area contributed by atoms with Gasteiger partial charge in [-0.05, 0) is 36.1 Å². The molecule has 33 heavy (non-hydrogen) atoms. The number of aromatic nitrogens is 3. The van der Waals surface area contributed by atoms with Gasteiger partial charge in [0.05, 0.1) is 23.2 Å². The third-order valence-corrected chi connectivity index (χ3v) is 5.09. The molecule has 7 nitrogen and oxygen atoms in total. The van der Waals surface area contributed by atoms with Gasteiger partial charge < -0.3 is 16.5 Å². The van der Waals surface area contributed by atoms with E-state index in [1.54, 1.807) is 4.57 Å². The quantitative estimate of drug-likeness (QED) is 0.374. The molecular weight excluding hydrogens is 419 g/mol. The first-order chi connectivity index (χ1) is 16.0. The van der Waals surface area contributed by atoms with Crippen LogP contribution in [-0.2, 0) is 6.54 Å². The van der Waals surface area contributed by atoms with Crippen molar-refractivity contribution in [3.63, 3.8) is 0 Å². The predicted octanol–water partition coefficient (Wildman–Crippen LogP) is 4.65. The highest BCUT2D eigenvalue weighted by Crippen LogP contribution is 2.22. The Kier molecular flexibility index (Phi) is 7.50. The van der Waals surface area contributed by atoms with Crippen LogP contribution < -0.4 is 16.6 Å². The summed E-state index contributed by atoms with van der Waals surface area (Å²) in [5.74, 6) is 0.265. The Morgan fingerprint density at radius 2 is 1.85 bits per heavy atom. The first kappa shape index (κ1) is 23.6. The van der Waals surface area contributed by atoms with Crippen molar-refractivity contribution in [3.8, 4) is 5.69 Å². The zero-order valence-electron chi connectivity index (χ0n) is 18.9. The molecule has 8 heteroatoms. The van der Waals surface area contributed by atoms with Gasteiger partial charge in [0.25, 0.3) is 5.56 Å². The molecule has 2 aromatic heterocycles. The predicted molar refractivity (Wildman–Crippen MR) is 132 cm³/mol. The number of alkyl halides is 1. The molecule has 0 aliphatic rings. The van der Waals surface area contributed by atoms with Crippen LogP contribution in [0.3, 0.4) is 0 Å². The number of nitrogens with zero attached hydrogens (tertiary/aromatic N) is 3. The van der Waals surface area contributed by atoms with Crippen LogP contribution >= 0.6 is 0 Å². The normalized spacial score (nSPS) is 10.4. The van der Waals surface area contributed by atoms with E-state index >= 15 is 0 Å². The van der Waals surface area contributed by atoms with Crippen LogP contribution in [0.15, 0.2) is 65.7 Å². The van der Waals surface area contributed by atoms with Gasteiger partial charge in [0, 0.05) is 11.4 Å². The summed E-state index contributed by atoms with van der Waals surface area (Å²) in [5, 5.41) is 12.4. The largest absolute Gasteiger partial charge is 0.383 e. The molecule has 0 radical (unpaired) electrons. The lowest BCUT2D eigenvalue weighted by Crippen LogP contribution is -2.24. The number of halogens is 1. The molecule has 0 atom stereocenters. The van der Waals surface area contributed by atoms with Crippen LogP contribution in [0.1, 0.15) is 30.7 Å². The lowest BCUT2D eigenvalue weighted by atomic mass is 10.1. The van der Waals surface area contributed by atoms with Crippen molar-refractivity contribution in [1.29, 1.82) is 5.41 Å². The minimum atomic E-state index is -0.990. The fourth-order valence-electron chi connectivity index (χ4n) is 3.65. The van der Waals surface area contributed by atoms with Crippen LogP contribution in [0.25, 0.3) is 16.5 Å². The zero-order valence-corrected chi connectivity index (χ0v) is 18.9. The summed E-state index contributed by atoms with van der Waals surface area (Å²) in [6, 6.07) is 17.0. The molecule has 170 valence electrons. The first-order valence-electron chi connectivity index (χ1n) is 10.7. The number of nitrogen functional groups attached to an aromatic ring is 1. The summed E-state index contributed by atoms with van der Waals surface area (Å²) in [4.78, 5) is 21.4. The smallest absolute Gasteiger partial charge is 0.263 e. The molecule has 0 saturated carbocycles. The molecule has 0 saturated heterocycles. The second-order valence-electron chi connectivity index (χ2n) is 7.10. The van der Waals surface area contributed by atoms with E-state index in [0.717, 1.165) is 16.6 Å². The number of pyridine rings is 1. The summed E-state index contributed by atoms with van der Waals surface area (Å²) in [5.41, 5.74) is 7.84. The van der Waals surface area contributed by atoms with Gasteiger partial charge in [-0.2, -0.15) is 0 Å². The van der Waals surface area contributed by atoms with Gasteiger partial charge in [0.2, 0.25) is 0 Å². The minimum absolute atomic E-state index is 0.0229.